The van der Waals surface area contributed by atoms with Gasteiger partial charge in [-0.3, -0.25) is 0 Å². The number of allylic oxidation sites excluding steroid dienone is 2. The fourth-order valence-electron chi connectivity index (χ4n) is 2.13. The fraction of sp³-hybridized carbons (Fsp3) is 0.625. The van der Waals surface area contributed by atoms with Gasteiger partial charge in [-0.2, -0.15) is 0 Å². The van der Waals surface area contributed by atoms with Crippen LogP contribution in [-0.4, -0.2) is 35.6 Å². The van der Waals surface area contributed by atoms with Gasteiger partial charge in [0.15, 0.2) is 0 Å². The van der Waals surface area contributed by atoms with Crippen LogP contribution in [0.4, 0.5) is 0 Å². The van der Waals surface area contributed by atoms with Crippen LogP contribution < -0.4 is 0 Å². The Morgan fingerprint density at radius 1 is 1.60 bits per heavy atom. The summed E-state index contributed by atoms with van der Waals surface area (Å²) in [7, 11) is 1.72. The average molecular weight is 362 g/mol. The maximum Gasteiger partial charge on any atom is 0.0887 e. The first-order valence-corrected chi connectivity index (χ1v) is 8.23. The van der Waals surface area contributed by atoms with E-state index in [1.54, 1.807) is 13.2 Å². The fourth-order valence-corrected chi connectivity index (χ4v) is 3.06. The van der Waals surface area contributed by atoms with E-state index in [9.17, 15) is 0 Å². The van der Waals surface area contributed by atoms with Gasteiger partial charge in [0.05, 0.1) is 23.7 Å². The van der Waals surface area contributed by atoms with Crippen molar-refractivity contribution >= 4 is 27.5 Å². The summed E-state index contributed by atoms with van der Waals surface area (Å²) in [5, 5.41) is -0.0533. The Kier molecular flexibility index (Phi) is 8.56. The van der Waals surface area contributed by atoms with Crippen molar-refractivity contribution in [2.45, 2.75) is 54.7 Å². The van der Waals surface area contributed by atoms with E-state index >= 15 is 0 Å². The van der Waals surface area contributed by atoms with Gasteiger partial charge in [0, 0.05) is 11.9 Å². The van der Waals surface area contributed by atoms with Crippen LogP contribution in [0.1, 0.15) is 26.2 Å². The van der Waals surface area contributed by atoms with E-state index < -0.39 is 0 Å². The maximum absolute atomic E-state index is 6.36. The Balaban J connectivity index is 2.50. The second-order valence-electron chi connectivity index (χ2n) is 4.78. The summed E-state index contributed by atoms with van der Waals surface area (Å²) in [4.78, 5) is 0.288. The minimum Gasteiger partial charge on any atom is -0.377 e. The predicted molar refractivity (Wildman–Crippen MR) is 88.5 cm³/mol. The number of ether oxygens (including phenoxy) is 2. The SMILES string of the molecule is C#C/C=C\CC(Cl)[C@@H]1C[C@@H](Br)[C@@H](/C=C\C(CC)OC)O1. The minimum absolute atomic E-state index is 0.0423. The van der Waals surface area contributed by atoms with E-state index in [1.807, 2.05) is 6.08 Å². The zero-order valence-corrected chi connectivity index (χ0v) is 14.3. The normalized spacial score (nSPS) is 29.9. The standard InChI is InChI=1S/C16H22BrClO2/c1-4-6-7-8-14(18)16-11-13(17)15(20-16)10-9-12(5-2)19-3/h1,6-7,9-10,12-16H,5,8,11H2,2-3H3/b7-6-,10-9-/t12?,13-,14?,15-,16+/m1/s1. The number of hydrogen-bond donors (Lipinski definition) is 0. The lowest BCUT2D eigenvalue weighted by atomic mass is 10.1. The average Bonchev–Trinajstić information content (AvgIpc) is 2.82. The number of halogens is 2. The van der Waals surface area contributed by atoms with Crippen LogP contribution in [0.3, 0.4) is 0 Å². The molecule has 1 saturated heterocycles. The third-order valence-electron chi connectivity index (χ3n) is 3.35. The van der Waals surface area contributed by atoms with Crippen molar-refractivity contribution < 1.29 is 9.47 Å². The Labute approximate surface area is 135 Å². The highest BCUT2D eigenvalue weighted by Crippen LogP contribution is 2.32. The molecule has 0 radical (unpaired) electrons. The van der Waals surface area contributed by atoms with Crippen molar-refractivity contribution in [2.75, 3.05) is 7.11 Å². The van der Waals surface area contributed by atoms with Crippen LogP contribution >= 0.6 is 27.5 Å². The van der Waals surface area contributed by atoms with Crippen molar-refractivity contribution in [2.24, 2.45) is 0 Å². The van der Waals surface area contributed by atoms with Crippen molar-refractivity contribution in [3.8, 4) is 12.3 Å². The van der Waals surface area contributed by atoms with Gasteiger partial charge in [-0.15, -0.1) is 18.0 Å². The largest absolute Gasteiger partial charge is 0.377 e. The summed E-state index contributed by atoms with van der Waals surface area (Å²) in [5.74, 6) is 2.46. The summed E-state index contributed by atoms with van der Waals surface area (Å²) in [6, 6.07) is 0. The molecule has 2 unspecified atom stereocenters. The lowest BCUT2D eigenvalue weighted by Gasteiger charge is -2.16. The lowest BCUT2D eigenvalue weighted by Crippen LogP contribution is -2.21. The van der Waals surface area contributed by atoms with Crippen molar-refractivity contribution in [3.63, 3.8) is 0 Å². The van der Waals surface area contributed by atoms with Crippen molar-refractivity contribution in [1.82, 2.24) is 0 Å². The van der Waals surface area contributed by atoms with Crippen LogP contribution in [0, 0.1) is 12.3 Å². The molecule has 0 spiro atoms. The van der Waals surface area contributed by atoms with Crippen LogP contribution in [-0.2, 0) is 9.47 Å². The molecule has 1 aliphatic heterocycles. The van der Waals surface area contributed by atoms with E-state index in [0.29, 0.717) is 0 Å². The highest BCUT2D eigenvalue weighted by molar-refractivity contribution is 9.09. The van der Waals surface area contributed by atoms with Crippen LogP contribution in [0.2, 0.25) is 0 Å². The number of rotatable bonds is 7. The molecule has 2 nitrogen and oxygen atoms in total. The molecule has 0 aliphatic carbocycles. The Morgan fingerprint density at radius 2 is 2.35 bits per heavy atom. The van der Waals surface area contributed by atoms with E-state index in [4.69, 9.17) is 27.5 Å². The van der Waals surface area contributed by atoms with Crippen LogP contribution in [0.5, 0.6) is 0 Å². The number of hydrogen-bond acceptors (Lipinski definition) is 2. The first-order chi connectivity index (χ1) is 9.62. The molecular weight excluding hydrogens is 340 g/mol. The molecule has 0 aromatic rings. The molecule has 0 aromatic heterocycles. The molecule has 1 heterocycles. The van der Waals surface area contributed by atoms with Gasteiger partial charge in [-0.1, -0.05) is 47.0 Å². The maximum atomic E-state index is 6.36. The molecule has 1 fully saturated rings. The molecule has 112 valence electrons. The van der Waals surface area contributed by atoms with Crippen LogP contribution in [0.15, 0.2) is 24.3 Å². The quantitative estimate of drug-likeness (QED) is 0.386. The van der Waals surface area contributed by atoms with E-state index in [0.717, 1.165) is 19.3 Å². The Morgan fingerprint density at radius 3 is 2.95 bits per heavy atom. The van der Waals surface area contributed by atoms with E-state index in [-0.39, 0.29) is 28.5 Å². The van der Waals surface area contributed by atoms with Gasteiger partial charge >= 0.3 is 0 Å². The first-order valence-electron chi connectivity index (χ1n) is 6.88. The predicted octanol–water partition coefficient (Wildman–Crippen LogP) is 4.08. The monoisotopic (exact) mass is 360 g/mol. The minimum atomic E-state index is -0.0533. The summed E-state index contributed by atoms with van der Waals surface area (Å²) >= 11 is 10.0. The molecule has 5 atom stereocenters. The third kappa shape index (κ3) is 5.61. The second-order valence-corrected chi connectivity index (χ2v) is 6.52. The molecule has 0 N–H and O–H groups in total. The van der Waals surface area contributed by atoms with Crippen molar-refractivity contribution in [1.29, 1.82) is 0 Å². The molecule has 0 aromatic carbocycles. The molecule has 20 heavy (non-hydrogen) atoms. The molecule has 0 saturated carbocycles. The number of alkyl halides is 2. The Bertz CT molecular complexity index is 371. The summed E-state index contributed by atoms with van der Waals surface area (Å²) in [6.45, 7) is 2.09. The van der Waals surface area contributed by atoms with Gasteiger partial charge in [-0.25, -0.2) is 0 Å². The molecule has 1 aliphatic rings. The molecule has 4 heteroatoms. The second kappa shape index (κ2) is 9.63. The van der Waals surface area contributed by atoms with Crippen LogP contribution in [0.25, 0.3) is 0 Å². The van der Waals surface area contributed by atoms with Crippen molar-refractivity contribution in [3.05, 3.63) is 24.3 Å². The highest BCUT2D eigenvalue weighted by Gasteiger charge is 2.35. The van der Waals surface area contributed by atoms with Gasteiger partial charge in [0.2, 0.25) is 0 Å². The van der Waals surface area contributed by atoms with Gasteiger partial charge in [0.25, 0.3) is 0 Å². The van der Waals surface area contributed by atoms with E-state index in [2.05, 4.69) is 40.9 Å². The zero-order valence-electron chi connectivity index (χ0n) is 12.0. The first kappa shape index (κ1) is 17.8. The van der Waals surface area contributed by atoms with Gasteiger partial charge in [0.1, 0.15) is 0 Å². The molecule has 0 amide bonds. The molecular formula is C16H22BrClO2. The highest BCUT2D eigenvalue weighted by atomic mass is 79.9. The zero-order chi connectivity index (χ0) is 15.0. The van der Waals surface area contributed by atoms with E-state index in [1.165, 1.54) is 0 Å². The number of terminal acetylenes is 1. The topological polar surface area (TPSA) is 18.5 Å². The summed E-state index contributed by atoms with van der Waals surface area (Å²) < 4.78 is 11.3. The molecule has 1 rings (SSSR count). The smallest absolute Gasteiger partial charge is 0.0887 e. The van der Waals surface area contributed by atoms with Gasteiger partial charge < -0.3 is 9.47 Å². The molecule has 0 bridgehead atoms. The third-order valence-corrected chi connectivity index (χ3v) is 4.70. The Hall–Kier alpha value is -0.270. The van der Waals surface area contributed by atoms with Gasteiger partial charge in [-0.05, 0) is 25.3 Å². The summed E-state index contributed by atoms with van der Waals surface area (Å²) in [6.07, 6.45) is 15.7. The summed E-state index contributed by atoms with van der Waals surface area (Å²) in [5.41, 5.74) is 0. The number of methoxy groups -OCH3 is 1. The lowest BCUT2D eigenvalue weighted by molar-refractivity contribution is 0.0683.